The Morgan fingerprint density at radius 1 is 1.12 bits per heavy atom. The average Bonchev–Trinajstić information content (AvgIpc) is 3.41. The molecule has 2 aromatic carbocycles. The molecule has 0 saturated heterocycles. The number of esters is 1. The van der Waals surface area contributed by atoms with E-state index in [0.29, 0.717) is 11.6 Å². The van der Waals surface area contributed by atoms with Gasteiger partial charge in [-0.3, -0.25) is 14.0 Å². The van der Waals surface area contributed by atoms with Gasteiger partial charge in [0.1, 0.15) is 18.2 Å². The van der Waals surface area contributed by atoms with Gasteiger partial charge in [0.2, 0.25) is 0 Å². The lowest BCUT2D eigenvalue weighted by Crippen LogP contribution is -2.21. The molecule has 3 heterocycles. The highest BCUT2D eigenvalue weighted by Crippen LogP contribution is 2.40. The van der Waals surface area contributed by atoms with Gasteiger partial charge in [0.05, 0.1) is 24.2 Å². The Bertz CT molecular complexity index is 1340. The molecule has 0 radical (unpaired) electrons. The van der Waals surface area contributed by atoms with E-state index in [4.69, 9.17) is 16.3 Å². The van der Waals surface area contributed by atoms with E-state index in [1.165, 1.54) is 0 Å². The number of nitrogens with zero attached hydrogens (tertiary/aromatic N) is 6. The van der Waals surface area contributed by atoms with E-state index < -0.39 is 0 Å². The molecule has 5 rings (SSSR count). The minimum absolute atomic E-state index is 0.0798. The van der Waals surface area contributed by atoms with Crippen LogP contribution in [0.2, 0.25) is 5.02 Å². The minimum Gasteiger partial charge on any atom is -0.465 e. The van der Waals surface area contributed by atoms with Crippen LogP contribution in [0.25, 0.3) is 16.8 Å². The SMILES string of the molecule is CCOC(=O)Cn1cc(-c2ccc3c(c2)N(c2ccc(Cl)cc2)CC(C)c2nnc(C)n2-3)cn1. The fraction of sp³-hybridized carbons (Fsp3) is 0.280. The van der Waals surface area contributed by atoms with Gasteiger partial charge in [0.15, 0.2) is 0 Å². The van der Waals surface area contributed by atoms with Crippen molar-refractivity contribution in [3.63, 3.8) is 0 Å². The van der Waals surface area contributed by atoms with Crippen molar-refractivity contribution in [1.82, 2.24) is 24.5 Å². The molecule has 0 N–H and O–H groups in total. The van der Waals surface area contributed by atoms with E-state index in [1.807, 2.05) is 37.4 Å². The zero-order chi connectivity index (χ0) is 23.8. The standard InChI is InChI=1S/C25H25ClN6O2/c1-4-34-24(33)15-30-14-19(12-27-30)18-5-10-22-23(11-18)31(21-8-6-20(26)7-9-21)13-16(2)25-29-28-17(3)32(22)25/h5-12,14,16H,4,13,15H2,1-3H3. The number of carbonyl (C=O) groups is 1. The Morgan fingerprint density at radius 2 is 1.91 bits per heavy atom. The molecule has 2 aromatic heterocycles. The van der Waals surface area contributed by atoms with E-state index in [1.54, 1.807) is 17.8 Å². The topological polar surface area (TPSA) is 78.1 Å². The second kappa shape index (κ2) is 8.95. The average molecular weight is 477 g/mol. The molecular weight excluding hydrogens is 452 g/mol. The number of benzene rings is 2. The zero-order valence-electron chi connectivity index (χ0n) is 19.3. The summed E-state index contributed by atoms with van der Waals surface area (Å²) in [6, 6.07) is 14.2. The lowest BCUT2D eigenvalue weighted by Gasteiger charge is -2.27. The van der Waals surface area contributed by atoms with E-state index in [2.05, 4.69) is 49.9 Å². The summed E-state index contributed by atoms with van der Waals surface area (Å²) < 4.78 is 8.76. The van der Waals surface area contributed by atoms with Gasteiger partial charge in [-0.25, -0.2) is 0 Å². The largest absolute Gasteiger partial charge is 0.465 e. The van der Waals surface area contributed by atoms with Crippen molar-refractivity contribution in [3.8, 4) is 16.8 Å². The van der Waals surface area contributed by atoms with Crippen LogP contribution in [0.5, 0.6) is 0 Å². The minimum atomic E-state index is -0.308. The first-order chi connectivity index (χ1) is 16.4. The highest BCUT2D eigenvalue weighted by atomic mass is 35.5. The number of halogens is 1. The van der Waals surface area contributed by atoms with Gasteiger partial charge in [-0.15, -0.1) is 10.2 Å². The van der Waals surface area contributed by atoms with Crippen LogP contribution < -0.4 is 4.90 Å². The van der Waals surface area contributed by atoms with E-state index in [0.717, 1.165) is 46.4 Å². The van der Waals surface area contributed by atoms with E-state index in [-0.39, 0.29) is 18.4 Å². The van der Waals surface area contributed by atoms with Gasteiger partial charge >= 0.3 is 5.97 Å². The number of carbonyl (C=O) groups excluding carboxylic acids is 1. The summed E-state index contributed by atoms with van der Waals surface area (Å²) >= 11 is 6.17. The fourth-order valence-corrected chi connectivity index (χ4v) is 4.49. The van der Waals surface area contributed by atoms with Crippen molar-refractivity contribution in [2.24, 2.45) is 0 Å². The molecule has 0 bridgehead atoms. The molecule has 9 heteroatoms. The van der Waals surface area contributed by atoms with Crippen LogP contribution in [0.15, 0.2) is 54.9 Å². The van der Waals surface area contributed by atoms with Gasteiger partial charge in [-0.2, -0.15) is 5.10 Å². The molecule has 0 spiro atoms. The highest BCUT2D eigenvalue weighted by Gasteiger charge is 2.28. The van der Waals surface area contributed by atoms with Crippen LogP contribution in [-0.4, -0.2) is 43.7 Å². The molecule has 1 aliphatic rings. The molecule has 0 amide bonds. The van der Waals surface area contributed by atoms with Crippen LogP contribution >= 0.6 is 11.6 Å². The lowest BCUT2D eigenvalue weighted by molar-refractivity contribution is -0.144. The van der Waals surface area contributed by atoms with E-state index >= 15 is 0 Å². The Hall–Kier alpha value is -3.65. The molecule has 34 heavy (non-hydrogen) atoms. The molecule has 0 fully saturated rings. The molecule has 0 aliphatic carbocycles. The number of anilines is 2. The first-order valence-corrected chi connectivity index (χ1v) is 11.6. The first kappa shape index (κ1) is 22.2. The number of fused-ring (bicyclic) bond motifs is 3. The molecule has 1 unspecified atom stereocenters. The third-order valence-electron chi connectivity index (χ3n) is 5.96. The first-order valence-electron chi connectivity index (χ1n) is 11.2. The molecule has 174 valence electrons. The maximum Gasteiger partial charge on any atom is 0.327 e. The van der Waals surface area contributed by atoms with Crippen molar-refractivity contribution in [2.75, 3.05) is 18.1 Å². The number of hydrogen-bond donors (Lipinski definition) is 0. The molecule has 1 aliphatic heterocycles. The maximum atomic E-state index is 11.9. The third-order valence-corrected chi connectivity index (χ3v) is 6.21. The third kappa shape index (κ3) is 4.05. The monoisotopic (exact) mass is 476 g/mol. The molecule has 0 saturated carbocycles. The lowest BCUT2D eigenvalue weighted by atomic mass is 10.1. The summed E-state index contributed by atoms with van der Waals surface area (Å²) in [6.45, 7) is 7.09. The summed E-state index contributed by atoms with van der Waals surface area (Å²) in [5, 5.41) is 13.9. The maximum absolute atomic E-state index is 11.9. The summed E-state index contributed by atoms with van der Waals surface area (Å²) in [6.07, 6.45) is 3.63. The second-order valence-electron chi connectivity index (χ2n) is 8.36. The Labute approximate surface area is 202 Å². The number of ether oxygens (including phenoxy) is 1. The smallest absolute Gasteiger partial charge is 0.327 e. The van der Waals surface area contributed by atoms with Gasteiger partial charge in [-0.1, -0.05) is 24.6 Å². The second-order valence-corrected chi connectivity index (χ2v) is 8.80. The van der Waals surface area contributed by atoms with Gasteiger partial charge in [0.25, 0.3) is 0 Å². The van der Waals surface area contributed by atoms with Crippen LogP contribution in [0, 0.1) is 6.92 Å². The Balaban J connectivity index is 1.60. The van der Waals surface area contributed by atoms with Crippen molar-refractivity contribution < 1.29 is 9.53 Å². The summed E-state index contributed by atoms with van der Waals surface area (Å²) in [7, 11) is 0. The predicted octanol–water partition coefficient (Wildman–Crippen LogP) is 4.91. The van der Waals surface area contributed by atoms with Crippen LogP contribution in [0.4, 0.5) is 11.4 Å². The fourth-order valence-electron chi connectivity index (χ4n) is 4.36. The van der Waals surface area contributed by atoms with Crippen molar-refractivity contribution >= 4 is 28.9 Å². The van der Waals surface area contributed by atoms with Crippen molar-refractivity contribution in [2.45, 2.75) is 33.2 Å². The van der Waals surface area contributed by atoms with Gasteiger partial charge in [-0.05, 0) is 55.8 Å². The predicted molar refractivity (Wildman–Crippen MR) is 131 cm³/mol. The summed E-state index contributed by atoms with van der Waals surface area (Å²) in [4.78, 5) is 14.1. The Morgan fingerprint density at radius 3 is 2.68 bits per heavy atom. The van der Waals surface area contributed by atoms with Gasteiger partial charge in [0, 0.05) is 34.9 Å². The van der Waals surface area contributed by atoms with Crippen LogP contribution in [0.3, 0.4) is 0 Å². The van der Waals surface area contributed by atoms with E-state index in [9.17, 15) is 4.79 Å². The summed E-state index contributed by atoms with van der Waals surface area (Å²) in [5.74, 6) is 1.62. The molecule has 1 atom stereocenters. The van der Waals surface area contributed by atoms with Crippen molar-refractivity contribution in [1.29, 1.82) is 0 Å². The normalized spacial score (nSPS) is 14.9. The van der Waals surface area contributed by atoms with Crippen molar-refractivity contribution in [3.05, 3.63) is 71.5 Å². The molecule has 8 nitrogen and oxygen atoms in total. The number of rotatable bonds is 5. The Kier molecular flexibility index (Phi) is 5.83. The number of aromatic nitrogens is 5. The molecule has 4 aromatic rings. The zero-order valence-corrected chi connectivity index (χ0v) is 20.0. The quantitative estimate of drug-likeness (QED) is 0.381. The highest BCUT2D eigenvalue weighted by molar-refractivity contribution is 6.30. The number of hydrogen-bond acceptors (Lipinski definition) is 6. The van der Waals surface area contributed by atoms with Crippen LogP contribution in [-0.2, 0) is 16.1 Å². The molecular formula is C25H25ClN6O2. The number of aryl methyl sites for hydroxylation is 1. The van der Waals surface area contributed by atoms with Crippen LogP contribution in [0.1, 0.15) is 31.4 Å². The summed E-state index contributed by atoms with van der Waals surface area (Å²) in [5.41, 5.74) is 5.01. The van der Waals surface area contributed by atoms with Gasteiger partial charge < -0.3 is 9.64 Å².